The van der Waals surface area contributed by atoms with Crippen molar-refractivity contribution in [3.8, 4) is 0 Å². The lowest BCUT2D eigenvalue weighted by molar-refractivity contribution is 0.302. The topological polar surface area (TPSA) is 20.2 Å². The van der Waals surface area contributed by atoms with Crippen molar-refractivity contribution in [3.63, 3.8) is 0 Å². The van der Waals surface area contributed by atoms with Crippen LogP contribution in [-0.2, 0) is 0 Å². The van der Waals surface area contributed by atoms with Gasteiger partial charge < -0.3 is 5.11 Å². The minimum Gasteiger partial charge on any atom is -0.396 e. The SMILES string of the molecule is CCCCCCCCCC=CC=CCCO. The summed E-state index contributed by atoms with van der Waals surface area (Å²) in [7, 11) is 0. The van der Waals surface area contributed by atoms with Crippen LogP contribution in [0, 0.1) is 0 Å². The summed E-state index contributed by atoms with van der Waals surface area (Å²) in [4.78, 5) is 0. The highest BCUT2D eigenvalue weighted by molar-refractivity contribution is 5.02. The standard InChI is InChI=1S/C15H28O/c1-2-3-4-5-6-7-8-9-10-11-12-13-14-15-16/h10-13,16H,2-9,14-15H2,1H3. The molecule has 0 unspecified atom stereocenters. The average molecular weight is 224 g/mol. The molecule has 0 fully saturated rings. The first-order valence-corrected chi connectivity index (χ1v) is 6.84. The summed E-state index contributed by atoms with van der Waals surface area (Å²) in [5.74, 6) is 0. The van der Waals surface area contributed by atoms with E-state index in [4.69, 9.17) is 5.11 Å². The third kappa shape index (κ3) is 13.4. The van der Waals surface area contributed by atoms with Crippen molar-refractivity contribution in [2.24, 2.45) is 0 Å². The molecule has 0 saturated heterocycles. The number of rotatable bonds is 11. The zero-order valence-corrected chi connectivity index (χ0v) is 10.8. The molecule has 0 aliphatic carbocycles. The number of unbranched alkanes of at least 4 members (excludes halogenated alkanes) is 7. The highest BCUT2D eigenvalue weighted by Gasteiger charge is 1.88. The third-order valence-electron chi connectivity index (χ3n) is 2.65. The first-order chi connectivity index (χ1) is 7.91. The van der Waals surface area contributed by atoms with E-state index < -0.39 is 0 Å². The Labute approximate surface area is 101 Å². The largest absolute Gasteiger partial charge is 0.396 e. The highest BCUT2D eigenvalue weighted by atomic mass is 16.2. The zero-order valence-electron chi connectivity index (χ0n) is 10.8. The Kier molecular flexibility index (Phi) is 13.9. The van der Waals surface area contributed by atoms with Gasteiger partial charge in [-0.2, -0.15) is 0 Å². The molecule has 0 aliphatic heterocycles. The maximum Gasteiger partial charge on any atom is 0.0465 e. The smallest absolute Gasteiger partial charge is 0.0465 e. The molecule has 0 atom stereocenters. The molecule has 0 amide bonds. The first kappa shape index (κ1) is 15.4. The highest BCUT2D eigenvalue weighted by Crippen LogP contribution is 2.08. The normalized spacial score (nSPS) is 11.9. The van der Waals surface area contributed by atoms with Crippen LogP contribution in [0.5, 0.6) is 0 Å². The van der Waals surface area contributed by atoms with Gasteiger partial charge in [-0.25, -0.2) is 0 Å². The molecule has 1 nitrogen and oxygen atoms in total. The second-order valence-corrected chi connectivity index (χ2v) is 4.28. The second kappa shape index (κ2) is 14.4. The van der Waals surface area contributed by atoms with Gasteiger partial charge in [0.2, 0.25) is 0 Å². The zero-order chi connectivity index (χ0) is 11.9. The Bertz CT molecular complexity index is 170. The van der Waals surface area contributed by atoms with E-state index in [2.05, 4.69) is 19.1 Å². The lowest BCUT2D eigenvalue weighted by Crippen LogP contribution is -1.78. The van der Waals surface area contributed by atoms with Gasteiger partial charge >= 0.3 is 0 Å². The monoisotopic (exact) mass is 224 g/mol. The molecule has 1 N–H and O–H groups in total. The maximum absolute atomic E-state index is 8.55. The summed E-state index contributed by atoms with van der Waals surface area (Å²) < 4.78 is 0. The van der Waals surface area contributed by atoms with E-state index in [1.54, 1.807) is 0 Å². The molecule has 0 rings (SSSR count). The summed E-state index contributed by atoms with van der Waals surface area (Å²) in [6, 6.07) is 0. The van der Waals surface area contributed by atoms with Crippen LogP contribution < -0.4 is 0 Å². The van der Waals surface area contributed by atoms with E-state index in [0.29, 0.717) is 0 Å². The van der Waals surface area contributed by atoms with Crippen LogP contribution in [0.4, 0.5) is 0 Å². The van der Waals surface area contributed by atoms with Gasteiger partial charge in [0, 0.05) is 6.61 Å². The van der Waals surface area contributed by atoms with Gasteiger partial charge in [-0.3, -0.25) is 0 Å². The molecular formula is C15H28O. The van der Waals surface area contributed by atoms with Crippen molar-refractivity contribution in [3.05, 3.63) is 24.3 Å². The van der Waals surface area contributed by atoms with E-state index in [9.17, 15) is 0 Å². The summed E-state index contributed by atoms with van der Waals surface area (Å²) in [5.41, 5.74) is 0. The van der Waals surface area contributed by atoms with Gasteiger partial charge in [0.1, 0.15) is 0 Å². The maximum atomic E-state index is 8.55. The van der Waals surface area contributed by atoms with Crippen molar-refractivity contribution < 1.29 is 5.11 Å². The number of hydrogen-bond donors (Lipinski definition) is 1. The van der Waals surface area contributed by atoms with Gasteiger partial charge in [0.15, 0.2) is 0 Å². The summed E-state index contributed by atoms with van der Waals surface area (Å²) >= 11 is 0. The van der Waals surface area contributed by atoms with E-state index >= 15 is 0 Å². The minimum atomic E-state index is 0.252. The number of allylic oxidation sites excluding steroid dienone is 3. The first-order valence-electron chi connectivity index (χ1n) is 6.84. The fourth-order valence-corrected chi connectivity index (χ4v) is 1.64. The Hall–Kier alpha value is -0.560. The van der Waals surface area contributed by atoms with Gasteiger partial charge in [-0.1, -0.05) is 69.8 Å². The van der Waals surface area contributed by atoms with E-state index in [0.717, 1.165) is 6.42 Å². The van der Waals surface area contributed by atoms with Crippen LogP contribution in [0.3, 0.4) is 0 Å². The predicted molar refractivity (Wildman–Crippen MR) is 72.6 cm³/mol. The van der Waals surface area contributed by atoms with Gasteiger partial charge in [0.25, 0.3) is 0 Å². The molecule has 0 aromatic carbocycles. The van der Waals surface area contributed by atoms with E-state index in [1.165, 1.54) is 51.4 Å². The molecule has 1 heteroatoms. The lowest BCUT2D eigenvalue weighted by Gasteiger charge is -1.98. The second-order valence-electron chi connectivity index (χ2n) is 4.28. The summed E-state index contributed by atoms with van der Waals surface area (Å²) in [5, 5.41) is 8.55. The van der Waals surface area contributed by atoms with E-state index in [1.807, 2.05) is 12.2 Å². The van der Waals surface area contributed by atoms with Crippen molar-refractivity contribution in [2.45, 2.75) is 64.7 Å². The average Bonchev–Trinajstić information content (AvgIpc) is 2.31. The molecule has 0 spiro atoms. The molecule has 94 valence electrons. The summed E-state index contributed by atoms with van der Waals surface area (Å²) in [6.45, 7) is 2.51. The van der Waals surface area contributed by atoms with Crippen molar-refractivity contribution >= 4 is 0 Å². The van der Waals surface area contributed by atoms with Crippen molar-refractivity contribution in [1.82, 2.24) is 0 Å². The Morgan fingerprint density at radius 1 is 0.750 bits per heavy atom. The lowest BCUT2D eigenvalue weighted by atomic mass is 10.1. The van der Waals surface area contributed by atoms with Crippen LogP contribution in [0.2, 0.25) is 0 Å². The molecule has 0 aromatic heterocycles. The van der Waals surface area contributed by atoms with Crippen LogP contribution in [0.25, 0.3) is 0 Å². The Morgan fingerprint density at radius 3 is 1.94 bits per heavy atom. The van der Waals surface area contributed by atoms with Crippen LogP contribution in [-0.4, -0.2) is 11.7 Å². The molecule has 0 aliphatic rings. The molecule has 0 radical (unpaired) electrons. The fraction of sp³-hybridized carbons (Fsp3) is 0.733. The molecule has 16 heavy (non-hydrogen) atoms. The molecule has 0 bridgehead atoms. The predicted octanol–water partition coefficient (Wildman–Crippen LogP) is 4.62. The number of aliphatic hydroxyl groups is 1. The number of aliphatic hydroxyl groups excluding tert-OH is 1. The molecule has 0 saturated carbocycles. The van der Waals surface area contributed by atoms with E-state index in [-0.39, 0.29) is 6.61 Å². The Balaban J connectivity index is 3.08. The van der Waals surface area contributed by atoms with Gasteiger partial charge in [0.05, 0.1) is 0 Å². The van der Waals surface area contributed by atoms with Gasteiger partial charge in [-0.05, 0) is 19.3 Å². The van der Waals surface area contributed by atoms with Crippen LogP contribution in [0.1, 0.15) is 64.7 Å². The van der Waals surface area contributed by atoms with Crippen molar-refractivity contribution in [2.75, 3.05) is 6.61 Å². The Morgan fingerprint density at radius 2 is 1.31 bits per heavy atom. The minimum absolute atomic E-state index is 0.252. The third-order valence-corrected chi connectivity index (χ3v) is 2.65. The quantitative estimate of drug-likeness (QED) is 0.401. The fourth-order valence-electron chi connectivity index (χ4n) is 1.64. The number of hydrogen-bond acceptors (Lipinski definition) is 1. The summed E-state index contributed by atoms with van der Waals surface area (Å²) in [6.07, 6.45) is 19.9. The van der Waals surface area contributed by atoms with Gasteiger partial charge in [-0.15, -0.1) is 0 Å². The van der Waals surface area contributed by atoms with Crippen molar-refractivity contribution in [1.29, 1.82) is 0 Å². The van der Waals surface area contributed by atoms with Crippen LogP contribution >= 0.6 is 0 Å². The molecule has 0 heterocycles. The molecule has 0 aromatic rings. The molecular weight excluding hydrogens is 196 g/mol. The van der Waals surface area contributed by atoms with Crippen LogP contribution in [0.15, 0.2) is 24.3 Å².